The molecular formula is C19H22F3N5O2. The molecule has 3 rings (SSSR count). The summed E-state index contributed by atoms with van der Waals surface area (Å²) in [5.41, 5.74) is 0.244. The zero-order chi connectivity index (χ0) is 20.9. The number of nitrogens with one attached hydrogen (secondary N) is 2. The Bertz CT molecular complexity index is 837. The second-order valence-electron chi connectivity index (χ2n) is 6.61. The van der Waals surface area contributed by atoms with Crippen molar-refractivity contribution in [3.05, 3.63) is 41.7 Å². The van der Waals surface area contributed by atoms with Crippen molar-refractivity contribution in [2.45, 2.75) is 26.1 Å². The highest BCUT2D eigenvalue weighted by molar-refractivity contribution is 5.94. The molecule has 2 heterocycles. The van der Waals surface area contributed by atoms with Gasteiger partial charge in [0.2, 0.25) is 0 Å². The van der Waals surface area contributed by atoms with Crippen molar-refractivity contribution in [3.8, 4) is 5.75 Å². The third kappa shape index (κ3) is 6.23. The Labute approximate surface area is 166 Å². The number of alkyl halides is 3. The Morgan fingerprint density at radius 3 is 2.48 bits per heavy atom. The Kier molecular flexibility index (Phi) is 6.40. The zero-order valence-electron chi connectivity index (χ0n) is 15.9. The fourth-order valence-electron chi connectivity index (χ4n) is 3.03. The van der Waals surface area contributed by atoms with Gasteiger partial charge in [0.15, 0.2) is 0 Å². The molecule has 1 aliphatic rings. The maximum Gasteiger partial charge on any atom is 0.573 e. The summed E-state index contributed by atoms with van der Waals surface area (Å²) < 4.78 is 40.3. The van der Waals surface area contributed by atoms with Gasteiger partial charge in [0, 0.05) is 37.8 Å². The van der Waals surface area contributed by atoms with Crippen molar-refractivity contribution < 1.29 is 22.7 Å². The van der Waals surface area contributed by atoms with E-state index in [0.717, 1.165) is 43.9 Å². The van der Waals surface area contributed by atoms with E-state index < -0.39 is 6.36 Å². The molecule has 0 saturated carbocycles. The fourth-order valence-corrected chi connectivity index (χ4v) is 3.03. The van der Waals surface area contributed by atoms with Crippen LogP contribution in [-0.4, -0.2) is 48.4 Å². The number of carbonyl (C=O) groups excluding carboxylic acids is 1. The monoisotopic (exact) mass is 409 g/mol. The summed E-state index contributed by atoms with van der Waals surface area (Å²) in [6, 6.07) is 6.65. The number of nitrogens with zero attached hydrogens (tertiary/aromatic N) is 3. The number of hydrogen-bond acceptors (Lipinski definition) is 6. The highest BCUT2D eigenvalue weighted by Gasteiger charge is 2.31. The molecule has 0 atom stereocenters. The minimum Gasteiger partial charge on any atom is -0.406 e. The van der Waals surface area contributed by atoms with Crippen molar-refractivity contribution in [2.75, 3.05) is 36.4 Å². The smallest absolute Gasteiger partial charge is 0.406 e. The van der Waals surface area contributed by atoms with Gasteiger partial charge in [0.25, 0.3) is 5.91 Å². The van der Waals surface area contributed by atoms with Crippen LogP contribution in [-0.2, 0) is 0 Å². The van der Waals surface area contributed by atoms with Crippen LogP contribution in [0.2, 0.25) is 0 Å². The predicted molar refractivity (Wildman–Crippen MR) is 102 cm³/mol. The molecule has 1 fully saturated rings. The second-order valence-corrected chi connectivity index (χ2v) is 6.61. The van der Waals surface area contributed by atoms with E-state index in [1.165, 1.54) is 12.1 Å². The number of hydrogen-bond donors (Lipinski definition) is 2. The van der Waals surface area contributed by atoms with E-state index in [1.54, 1.807) is 0 Å². The molecule has 1 saturated heterocycles. The molecule has 29 heavy (non-hydrogen) atoms. The van der Waals surface area contributed by atoms with Crippen LogP contribution < -0.4 is 20.3 Å². The number of aromatic nitrogens is 2. The zero-order valence-corrected chi connectivity index (χ0v) is 15.9. The number of halogens is 3. The van der Waals surface area contributed by atoms with Gasteiger partial charge in [0.05, 0.1) is 0 Å². The SMILES string of the molecule is Cc1nc(NCCNC(=O)c2ccc(OC(F)(F)F)cc2)cc(N2CCCC2)n1. The molecule has 1 amide bonds. The standard InChI is InChI=1S/C19H22F3N5O2/c1-13-25-16(12-17(26-13)27-10-2-3-11-27)23-8-9-24-18(28)14-4-6-15(7-5-14)29-19(20,21)22/h4-7,12H,2-3,8-11H2,1H3,(H,24,28)(H,23,25,26). The lowest BCUT2D eigenvalue weighted by Crippen LogP contribution is -2.29. The largest absolute Gasteiger partial charge is 0.573 e. The lowest BCUT2D eigenvalue weighted by molar-refractivity contribution is -0.274. The molecule has 0 spiro atoms. The van der Waals surface area contributed by atoms with Gasteiger partial charge in [-0.2, -0.15) is 0 Å². The normalized spacial score (nSPS) is 14.0. The van der Waals surface area contributed by atoms with Crippen LogP contribution in [0.1, 0.15) is 29.0 Å². The van der Waals surface area contributed by atoms with Crippen LogP contribution in [0, 0.1) is 6.92 Å². The molecule has 2 aromatic rings. The van der Waals surface area contributed by atoms with Crippen molar-refractivity contribution in [2.24, 2.45) is 0 Å². The van der Waals surface area contributed by atoms with Gasteiger partial charge >= 0.3 is 6.36 Å². The number of aryl methyl sites for hydroxylation is 1. The highest BCUT2D eigenvalue weighted by atomic mass is 19.4. The predicted octanol–water partition coefficient (Wildman–Crippen LogP) is 3.13. The van der Waals surface area contributed by atoms with Gasteiger partial charge in [-0.25, -0.2) is 9.97 Å². The maximum atomic E-state index is 12.2. The molecule has 7 nitrogen and oxygen atoms in total. The van der Waals surface area contributed by atoms with Gasteiger partial charge in [-0.3, -0.25) is 4.79 Å². The third-order valence-electron chi connectivity index (χ3n) is 4.32. The first-order valence-corrected chi connectivity index (χ1v) is 9.29. The molecule has 0 bridgehead atoms. The van der Waals surface area contributed by atoms with Gasteiger partial charge < -0.3 is 20.3 Å². The lowest BCUT2D eigenvalue weighted by atomic mass is 10.2. The average molecular weight is 409 g/mol. The van der Waals surface area contributed by atoms with Gasteiger partial charge in [-0.1, -0.05) is 0 Å². The second kappa shape index (κ2) is 8.97. The van der Waals surface area contributed by atoms with Gasteiger partial charge in [-0.15, -0.1) is 13.2 Å². The molecule has 2 N–H and O–H groups in total. The maximum absolute atomic E-state index is 12.2. The topological polar surface area (TPSA) is 79.4 Å². The Morgan fingerprint density at radius 2 is 1.83 bits per heavy atom. The molecule has 0 unspecified atom stereocenters. The Balaban J connectivity index is 1.47. The molecule has 156 valence electrons. The van der Waals surface area contributed by atoms with Crippen LogP contribution in [0.4, 0.5) is 24.8 Å². The first-order valence-electron chi connectivity index (χ1n) is 9.29. The minimum absolute atomic E-state index is 0.244. The lowest BCUT2D eigenvalue weighted by Gasteiger charge is -2.17. The molecule has 0 radical (unpaired) electrons. The van der Waals surface area contributed by atoms with Crippen molar-refractivity contribution in [1.29, 1.82) is 0 Å². The Morgan fingerprint density at radius 1 is 1.14 bits per heavy atom. The third-order valence-corrected chi connectivity index (χ3v) is 4.32. The molecule has 0 aliphatic carbocycles. The number of benzene rings is 1. The van der Waals surface area contributed by atoms with Crippen molar-refractivity contribution >= 4 is 17.5 Å². The van der Waals surface area contributed by atoms with E-state index in [4.69, 9.17) is 0 Å². The van der Waals surface area contributed by atoms with E-state index in [9.17, 15) is 18.0 Å². The fraction of sp³-hybridized carbons (Fsp3) is 0.421. The van der Waals surface area contributed by atoms with Crippen molar-refractivity contribution in [3.63, 3.8) is 0 Å². The number of amides is 1. The summed E-state index contributed by atoms with van der Waals surface area (Å²) in [6.07, 6.45) is -2.45. The van der Waals surface area contributed by atoms with E-state index >= 15 is 0 Å². The molecule has 1 aromatic heterocycles. The summed E-state index contributed by atoms with van der Waals surface area (Å²) in [5.74, 6) is 1.48. The molecule has 1 aromatic carbocycles. The van der Waals surface area contributed by atoms with Gasteiger partial charge in [-0.05, 0) is 44.0 Å². The summed E-state index contributed by atoms with van der Waals surface area (Å²) in [5, 5.41) is 5.86. The quantitative estimate of drug-likeness (QED) is 0.684. The van der Waals surface area contributed by atoms with Crippen LogP contribution >= 0.6 is 0 Å². The van der Waals surface area contributed by atoms with Crippen LogP contribution in [0.3, 0.4) is 0 Å². The van der Waals surface area contributed by atoms with Crippen molar-refractivity contribution in [1.82, 2.24) is 15.3 Å². The highest BCUT2D eigenvalue weighted by Crippen LogP contribution is 2.23. The molecular weight excluding hydrogens is 387 g/mol. The number of carbonyl (C=O) groups is 1. The van der Waals surface area contributed by atoms with Crippen LogP contribution in [0.15, 0.2) is 30.3 Å². The summed E-state index contributed by atoms with van der Waals surface area (Å²) in [4.78, 5) is 23.1. The van der Waals surface area contributed by atoms with E-state index in [0.29, 0.717) is 24.7 Å². The van der Waals surface area contributed by atoms with Crippen LogP contribution in [0.5, 0.6) is 5.75 Å². The minimum atomic E-state index is -4.76. The molecule has 1 aliphatic heterocycles. The van der Waals surface area contributed by atoms with Crippen LogP contribution in [0.25, 0.3) is 0 Å². The Hall–Kier alpha value is -3.04. The summed E-state index contributed by atoms with van der Waals surface area (Å²) in [6.45, 7) is 4.56. The number of rotatable bonds is 7. The van der Waals surface area contributed by atoms with E-state index in [-0.39, 0.29) is 17.2 Å². The number of anilines is 2. The first kappa shape index (κ1) is 20.7. The molecule has 10 heteroatoms. The van der Waals surface area contributed by atoms with E-state index in [1.807, 2.05) is 13.0 Å². The first-order chi connectivity index (χ1) is 13.8. The van der Waals surface area contributed by atoms with Gasteiger partial charge in [0.1, 0.15) is 23.2 Å². The van der Waals surface area contributed by atoms with E-state index in [2.05, 4.69) is 30.2 Å². The summed E-state index contributed by atoms with van der Waals surface area (Å²) in [7, 11) is 0. The summed E-state index contributed by atoms with van der Waals surface area (Å²) >= 11 is 0. The average Bonchev–Trinajstić information content (AvgIpc) is 3.19. The number of ether oxygens (including phenoxy) is 1.